The third-order valence-electron chi connectivity index (χ3n) is 4.11. The molecule has 2 N–H and O–H groups in total. The Hall–Kier alpha value is -1.70. The van der Waals surface area contributed by atoms with Crippen LogP contribution >= 0.6 is 0 Å². The Bertz CT molecular complexity index is 518. The second-order valence-electron chi connectivity index (χ2n) is 5.85. The molecule has 7 heteroatoms. The van der Waals surface area contributed by atoms with Gasteiger partial charge in [-0.25, -0.2) is 4.39 Å². The molecule has 1 aromatic rings. The predicted molar refractivity (Wildman–Crippen MR) is 97.4 cm³/mol. The Morgan fingerprint density at radius 3 is 2.64 bits per heavy atom. The van der Waals surface area contributed by atoms with Crippen LogP contribution in [-0.2, 0) is 9.47 Å². The van der Waals surface area contributed by atoms with Crippen molar-refractivity contribution < 1.29 is 13.9 Å². The lowest BCUT2D eigenvalue weighted by Gasteiger charge is -2.34. The number of hydrogen-bond donors (Lipinski definition) is 2. The molecule has 1 unspecified atom stereocenters. The summed E-state index contributed by atoms with van der Waals surface area (Å²) in [6, 6.07) is 6.80. The maximum Gasteiger partial charge on any atom is 0.191 e. The second-order valence-corrected chi connectivity index (χ2v) is 5.85. The minimum atomic E-state index is -0.220. The van der Waals surface area contributed by atoms with Crippen LogP contribution in [0.15, 0.2) is 29.3 Å². The van der Waals surface area contributed by atoms with Crippen LogP contribution in [0.3, 0.4) is 0 Å². The van der Waals surface area contributed by atoms with Crippen LogP contribution in [0.4, 0.5) is 4.39 Å². The Morgan fingerprint density at radius 2 is 2.00 bits per heavy atom. The third-order valence-corrected chi connectivity index (χ3v) is 4.11. The zero-order chi connectivity index (χ0) is 17.9. The quantitative estimate of drug-likeness (QED) is 0.421. The average Bonchev–Trinajstić information content (AvgIpc) is 2.64. The minimum absolute atomic E-state index is 0.0994. The Labute approximate surface area is 149 Å². The first-order valence-corrected chi connectivity index (χ1v) is 8.83. The molecule has 0 amide bonds. The molecule has 0 aromatic heterocycles. The summed E-state index contributed by atoms with van der Waals surface area (Å²) in [5.74, 6) is 0.544. The van der Waals surface area contributed by atoms with E-state index in [1.807, 2.05) is 19.1 Å². The van der Waals surface area contributed by atoms with Gasteiger partial charge >= 0.3 is 0 Å². The molecule has 1 aromatic carbocycles. The molecule has 1 aliphatic rings. The molecule has 6 nitrogen and oxygen atoms in total. The summed E-state index contributed by atoms with van der Waals surface area (Å²) in [4.78, 5) is 7.07. The third kappa shape index (κ3) is 6.61. The van der Waals surface area contributed by atoms with Crippen LogP contribution in [0.25, 0.3) is 0 Å². The lowest BCUT2D eigenvalue weighted by molar-refractivity contribution is 0.0179. The van der Waals surface area contributed by atoms with Crippen molar-refractivity contribution in [2.75, 3.05) is 59.7 Å². The van der Waals surface area contributed by atoms with Crippen molar-refractivity contribution in [3.8, 4) is 0 Å². The first kappa shape index (κ1) is 19.6. The molecule has 0 radical (unpaired) electrons. The van der Waals surface area contributed by atoms with Gasteiger partial charge in [0.1, 0.15) is 5.82 Å². The summed E-state index contributed by atoms with van der Waals surface area (Å²) in [7, 11) is 1.68. The number of rotatable bonds is 8. The number of guanidine groups is 1. The van der Waals surface area contributed by atoms with Crippen LogP contribution in [0.2, 0.25) is 0 Å². The second kappa shape index (κ2) is 11.0. The summed E-state index contributed by atoms with van der Waals surface area (Å²) in [6.45, 7) is 7.87. The number of benzene rings is 1. The van der Waals surface area contributed by atoms with Crippen molar-refractivity contribution in [1.82, 2.24) is 15.5 Å². The number of nitrogens with zero attached hydrogens (tertiary/aromatic N) is 2. The first-order valence-electron chi connectivity index (χ1n) is 8.83. The lowest BCUT2D eigenvalue weighted by atomic mass is 10.0. The van der Waals surface area contributed by atoms with Crippen molar-refractivity contribution in [2.24, 2.45) is 4.99 Å². The van der Waals surface area contributed by atoms with E-state index in [4.69, 9.17) is 14.5 Å². The van der Waals surface area contributed by atoms with Crippen LogP contribution in [0.1, 0.15) is 18.5 Å². The normalized spacial score (nSPS) is 17.3. The van der Waals surface area contributed by atoms with Gasteiger partial charge in [0.05, 0.1) is 32.4 Å². The number of nitrogens with one attached hydrogen (secondary N) is 2. The molecule has 1 atom stereocenters. The molecule has 0 spiro atoms. The molecule has 1 heterocycles. The molecular weight excluding hydrogens is 323 g/mol. The van der Waals surface area contributed by atoms with Crippen molar-refractivity contribution in [3.63, 3.8) is 0 Å². The van der Waals surface area contributed by atoms with Crippen molar-refractivity contribution in [3.05, 3.63) is 35.6 Å². The minimum Gasteiger partial charge on any atom is -0.383 e. The molecule has 1 saturated heterocycles. The van der Waals surface area contributed by atoms with E-state index in [0.717, 1.165) is 31.2 Å². The number of morpholine rings is 1. The molecule has 1 aliphatic heterocycles. The highest BCUT2D eigenvalue weighted by Crippen LogP contribution is 2.22. The summed E-state index contributed by atoms with van der Waals surface area (Å²) in [5, 5.41) is 6.49. The summed E-state index contributed by atoms with van der Waals surface area (Å²) >= 11 is 0. The maximum absolute atomic E-state index is 13.3. The smallest absolute Gasteiger partial charge is 0.191 e. The number of methoxy groups -OCH3 is 1. The van der Waals surface area contributed by atoms with Crippen LogP contribution in [0, 0.1) is 5.82 Å². The van der Waals surface area contributed by atoms with Gasteiger partial charge < -0.3 is 20.1 Å². The van der Waals surface area contributed by atoms with Gasteiger partial charge in [-0.05, 0) is 24.6 Å². The van der Waals surface area contributed by atoms with Crippen LogP contribution < -0.4 is 10.6 Å². The van der Waals surface area contributed by atoms with E-state index < -0.39 is 0 Å². The van der Waals surface area contributed by atoms with E-state index in [-0.39, 0.29) is 11.9 Å². The number of halogens is 1. The van der Waals surface area contributed by atoms with Gasteiger partial charge in [-0.2, -0.15) is 0 Å². The fraction of sp³-hybridized carbons (Fsp3) is 0.611. The Kier molecular flexibility index (Phi) is 8.65. The van der Waals surface area contributed by atoms with E-state index in [1.54, 1.807) is 7.11 Å². The van der Waals surface area contributed by atoms with E-state index in [2.05, 4.69) is 15.5 Å². The molecular formula is C18H29FN4O2. The van der Waals surface area contributed by atoms with Gasteiger partial charge in [0, 0.05) is 33.3 Å². The molecule has 0 bridgehead atoms. The standard InChI is InChI=1S/C18H29FN4O2/c1-3-20-18(21-8-11-24-2)22-14-17(23-9-12-25-13-10-23)15-4-6-16(19)7-5-15/h4-7,17H,3,8-14H2,1-2H3,(H2,20,21,22). The van der Waals surface area contributed by atoms with Gasteiger partial charge in [-0.3, -0.25) is 9.89 Å². The Balaban J connectivity index is 2.10. The fourth-order valence-electron chi connectivity index (χ4n) is 2.80. The van der Waals surface area contributed by atoms with Gasteiger partial charge in [-0.15, -0.1) is 0 Å². The van der Waals surface area contributed by atoms with Gasteiger partial charge in [0.15, 0.2) is 5.96 Å². The van der Waals surface area contributed by atoms with E-state index in [0.29, 0.717) is 32.9 Å². The molecule has 0 saturated carbocycles. The largest absolute Gasteiger partial charge is 0.383 e. The average molecular weight is 352 g/mol. The zero-order valence-electron chi connectivity index (χ0n) is 15.1. The molecule has 25 heavy (non-hydrogen) atoms. The maximum atomic E-state index is 13.3. The SMILES string of the molecule is CCNC(=NCC(c1ccc(F)cc1)N1CCOCC1)NCCOC. The molecule has 2 rings (SSSR count). The van der Waals surface area contributed by atoms with Gasteiger partial charge in [0.2, 0.25) is 0 Å². The van der Waals surface area contributed by atoms with Gasteiger partial charge in [0.25, 0.3) is 0 Å². The predicted octanol–water partition coefficient (Wildman–Crippen LogP) is 1.40. The van der Waals surface area contributed by atoms with Crippen LogP contribution in [0.5, 0.6) is 0 Å². The van der Waals surface area contributed by atoms with Crippen molar-refractivity contribution in [2.45, 2.75) is 13.0 Å². The summed E-state index contributed by atoms with van der Waals surface area (Å²) in [6.07, 6.45) is 0. The lowest BCUT2D eigenvalue weighted by Crippen LogP contribution is -2.42. The van der Waals surface area contributed by atoms with Crippen LogP contribution in [-0.4, -0.2) is 70.5 Å². The highest BCUT2D eigenvalue weighted by atomic mass is 19.1. The van der Waals surface area contributed by atoms with E-state index in [9.17, 15) is 4.39 Å². The van der Waals surface area contributed by atoms with Gasteiger partial charge in [-0.1, -0.05) is 12.1 Å². The Morgan fingerprint density at radius 1 is 1.28 bits per heavy atom. The topological polar surface area (TPSA) is 58.1 Å². The molecule has 140 valence electrons. The summed E-state index contributed by atoms with van der Waals surface area (Å²) in [5.41, 5.74) is 1.07. The highest BCUT2D eigenvalue weighted by Gasteiger charge is 2.22. The van der Waals surface area contributed by atoms with E-state index >= 15 is 0 Å². The number of aliphatic imine (C=N–C) groups is 1. The molecule has 1 fully saturated rings. The highest BCUT2D eigenvalue weighted by molar-refractivity contribution is 5.79. The van der Waals surface area contributed by atoms with Crippen molar-refractivity contribution >= 4 is 5.96 Å². The zero-order valence-corrected chi connectivity index (χ0v) is 15.1. The van der Waals surface area contributed by atoms with Crippen molar-refractivity contribution in [1.29, 1.82) is 0 Å². The fourth-order valence-corrected chi connectivity index (χ4v) is 2.80. The monoisotopic (exact) mass is 352 g/mol. The molecule has 0 aliphatic carbocycles. The van der Waals surface area contributed by atoms with E-state index in [1.165, 1.54) is 12.1 Å². The first-order chi connectivity index (χ1) is 12.2. The summed E-state index contributed by atoms with van der Waals surface area (Å²) < 4.78 is 23.8. The number of hydrogen-bond acceptors (Lipinski definition) is 4. The number of ether oxygens (including phenoxy) is 2.